The third-order valence-corrected chi connectivity index (χ3v) is 5.26. The number of hydrogen-bond donors (Lipinski definition) is 1. The van der Waals surface area contributed by atoms with Crippen molar-refractivity contribution < 1.29 is 14.3 Å². The van der Waals surface area contributed by atoms with E-state index < -0.39 is 0 Å². The summed E-state index contributed by atoms with van der Waals surface area (Å²) in [5.74, 6) is 0.0331. The van der Waals surface area contributed by atoms with Gasteiger partial charge in [0.1, 0.15) is 6.61 Å². The number of amides is 2. The Hall–Kier alpha value is -1.47. The normalized spacial score (nSPS) is 16.9. The van der Waals surface area contributed by atoms with Crippen molar-refractivity contribution >= 4 is 23.2 Å². The summed E-state index contributed by atoms with van der Waals surface area (Å²) >= 11 is 1.65. The summed E-state index contributed by atoms with van der Waals surface area (Å²) in [5.41, 5.74) is 0.954. The number of aromatic nitrogens is 1. The zero-order valence-corrected chi connectivity index (χ0v) is 15.7. The molecule has 1 aliphatic rings. The summed E-state index contributed by atoms with van der Waals surface area (Å²) < 4.78 is 5.16. The van der Waals surface area contributed by atoms with Gasteiger partial charge in [0.25, 0.3) is 0 Å². The Morgan fingerprint density at radius 2 is 2.04 bits per heavy atom. The van der Waals surface area contributed by atoms with Crippen molar-refractivity contribution in [3.05, 3.63) is 15.6 Å². The first-order valence-electron chi connectivity index (χ1n) is 8.52. The number of thiazole rings is 1. The van der Waals surface area contributed by atoms with Gasteiger partial charge in [0.2, 0.25) is 11.8 Å². The maximum Gasteiger partial charge on any atom is 0.248 e. The fourth-order valence-electron chi connectivity index (χ4n) is 3.02. The Balaban J connectivity index is 1.82. The van der Waals surface area contributed by atoms with E-state index in [1.54, 1.807) is 16.2 Å². The lowest BCUT2D eigenvalue weighted by atomic mass is 9.95. The van der Waals surface area contributed by atoms with Crippen LogP contribution in [0.5, 0.6) is 0 Å². The van der Waals surface area contributed by atoms with Gasteiger partial charge in [-0.3, -0.25) is 9.59 Å². The molecular weight excluding hydrogens is 326 g/mol. The van der Waals surface area contributed by atoms with Gasteiger partial charge in [0, 0.05) is 30.5 Å². The van der Waals surface area contributed by atoms with E-state index in [-0.39, 0.29) is 30.4 Å². The van der Waals surface area contributed by atoms with Gasteiger partial charge < -0.3 is 15.0 Å². The third kappa shape index (κ3) is 4.77. The molecule has 0 radical (unpaired) electrons. The van der Waals surface area contributed by atoms with Crippen molar-refractivity contribution in [2.24, 2.45) is 5.92 Å². The van der Waals surface area contributed by atoms with Gasteiger partial charge in [0.15, 0.2) is 0 Å². The molecule has 7 heteroatoms. The molecule has 0 aromatic carbocycles. The summed E-state index contributed by atoms with van der Waals surface area (Å²) in [6, 6.07) is -0.0833. The van der Waals surface area contributed by atoms with Crippen LogP contribution in [0.3, 0.4) is 0 Å². The van der Waals surface area contributed by atoms with E-state index in [2.05, 4.69) is 10.3 Å². The van der Waals surface area contributed by atoms with Crippen molar-refractivity contribution in [1.29, 1.82) is 0 Å². The minimum atomic E-state index is -0.0833. The highest BCUT2D eigenvalue weighted by Gasteiger charge is 2.28. The zero-order valence-electron chi connectivity index (χ0n) is 14.9. The molecule has 0 bridgehead atoms. The van der Waals surface area contributed by atoms with Crippen LogP contribution in [0.2, 0.25) is 0 Å². The highest BCUT2D eigenvalue weighted by Crippen LogP contribution is 2.24. The van der Waals surface area contributed by atoms with Gasteiger partial charge in [-0.05, 0) is 40.5 Å². The minimum Gasteiger partial charge on any atom is -0.372 e. The SMILES string of the molecule is CCOCC(=O)N1CCC(C(=O)N[C@H](C)c2nc(C)sc2C)CC1. The summed E-state index contributed by atoms with van der Waals surface area (Å²) in [6.07, 6.45) is 1.40. The number of nitrogens with one attached hydrogen (secondary N) is 1. The third-order valence-electron chi connectivity index (χ3n) is 4.36. The van der Waals surface area contributed by atoms with Crippen molar-refractivity contribution in [2.45, 2.75) is 46.6 Å². The largest absolute Gasteiger partial charge is 0.372 e. The van der Waals surface area contributed by atoms with E-state index in [9.17, 15) is 9.59 Å². The molecule has 1 atom stereocenters. The van der Waals surface area contributed by atoms with E-state index in [0.29, 0.717) is 32.5 Å². The molecule has 1 N–H and O–H groups in total. The van der Waals surface area contributed by atoms with Gasteiger partial charge in [-0.15, -0.1) is 11.3 Å². The molecule has 6 nitrogen and oxygen atoms in total. The molecule has 24 heavy (non-hydrogen) atoms. The van der Waals surface area contributed by atoms with E-state index in [1.165, 1.54) is 0 Å². The molecule has 134 valence electrons. The molecular formula is C17H27N3O3S. The molecule has 0 saturated carbocycles. The average Bonchev–Trinajstić information content (AvgIpc) is 2.91. The Morgan fingerprint density at radius 3 is 2.58 bits per heavy atom. The molecule has 1 fully saturated rings. The van der Waals surface area contributed by atoms with Gasteiger partial charge in [-0.25, -0.2) is 4.98 Å². The lowest BCUT2D eigenvalue weighted by molar-refractivity contribution is -0.139. The molecule has 2 rings (SSSR count). The van der Waals surface area contributed by atoms with Crippen LogP contribution in [0, 0.1) is 19.8 Å². The molecule has 0 aliphatic carbocycles. The van der Waals surface area contributed by atoms with Crippen LogP contribution in [0.1, 0.15) is 48.3 Å². The van der Waals surface area contributed by atoms with Crippen molar-refractivity contribution in [3.8, 4) is 0 Å². The van der Waals surface area contributed by atoms with Crippen molar-refractivity contribution in [2.75, 3.05) is 26.3 Å². The first kappa shape index (κ1) is 18.9. The minimum absolute atomic E-state index is 0.0117. The topological polar surface area (TPSA) is 71.5 Å². The second-order valence-corrected chi connectivity index (χ2v) is 7.60. The number of hydrogen-bond acceptors (Lipinski definition) is 5. The average molecular weight is 353 g/mol. The fraction of sp³-hybridized carbons (Fsp3) is 0.706. The van der Waals surface area contributed by atoms with Crippen LogP contribution in [-0.4, -0.2) is 48.0 Å². The van der Waals surface area contributed by atoms with Crippen LogP contribution in [0.25, 0.3) is 0 Å². The summed E-state index contributed by atoms with van der Waals surface area (Å²) in [5, 5.41) is 4.09. The van der Waals surface area contributed by atoms with E-state index >= 15 is 0 Å². The fourth-order valence-corrected chi connectivity index (χ4v) is 3.93. The van der Waals surface area contributed by atoms with Gasteiger partial charge in [0.05, 0.1) is 16.7 Å². The molecule has 0 spiro atoms. The number of nitrogens with zero attached hydrogens (tertiary/aromatic N) is 2. The van der Waals surface area contributed by atoms with Crippen molar-refractivity contribution in [3.63, 3.8) is 0 Å². The van der Waals surface area contributed by atoms with Gasteiger partial charge in [-0.1, -0.05) is 0 Å². The maximum absolute atomic E-state index is 12.5. The predicted molar refractivity (Wildman–Crippen MR) is 93.9 cm³/mol. The first-order chi connectivity index (χ1) is 11.4. The quantitative estimate of drug-likeness (QED) is 0.851. The number of aryl methyl sites for hydroxylation is 2. The standard InChI is InChI=1S/C17H27N3O3S/c1-5-23-10-15(21)20-8-6-14(7-9-20)17(22)18-11(2)16-12(3)24-13(4)19-16/h11,14H,5-10H2,1-4H3,(H,18,22)/t11-/m1/s1. The predicted octanol–water partition coefficient (Wildman–Crippen LogP) is 2.21. The number of rotatable bonds is 6. The number of ether oxygens (including phenoxy) is 1. The molecule has 2 heterocycles. The number of carbonyl (C=O) groups excluding carboxylic acids is 2. The Labute approximate surface area is 147 Å². The number of piperidine rings is 1. The first-order valence-corrected chi connectivity index (χ1v) is 9.33. The van der Waals surface area contributed by atoms with Gasteiger partial charge in [-0.2, -0.15) is 0 Å². The Kier molecular flexibility index (Phi) is 6.74. The van der Waals surface area contributed by atoms with E-state index in [4.69, 9.17) is 4.74 Å². The molecule has 1 saturated heterocycles. The monoisotopic (exact) mass is 353 g/mol. The van der Waals surface area contributed by atoms with Crippen LogP contribution in [0.15, 0.2) is 0 Å². The summed E-state index contributed by atoms with van der Waals surface area (Å²) in [4.78, 5) is 31.9. The highest BCUT2D eigenvalue weighted by molar-refractivity contribution is 7.11. The highest BCUT2D eigenvalue weighted by atomic mass is 32.1. The smallest absolute Gasteiger partial charge is 0.248 e. The van der Waals surface area contributed by atoms with E-state index in [1.807, 2.05) is 27.7 Å². The molecule has 1 aromatic rings. The van der Waals surface area contributed by atoms with E-state index in [0.717, 1.165) is 15.6 Å². The second-order valence-electron chi connectivity index (χ2n) is 6.20. The number of carbonyl (C=O) groups is 2. The summed E-state index contributed by atoms with van der Waals surface area (Å²) in [6.45, 7) is 9.76. The second kappa shape index (κ2) is 8.58. The molecule has 1 aromatic heterocycles. The van der Waals surface area contributed by atoms with Crippen LogP contribution < -0.4 is 5.32 Å². The lowest BCUT2D eigenvalue weighted by Gasteiger charge is -2.31. The molecule has 0 unspecified atom stereocenters. The number of likely N-dealkylation sites (tertiary alicyclic amines) is 1. The molecule has 1 aliphatic heterocycles. The van der Waals surface area contributed by atoms with Crippen molar-refractivity contribution in [1.82, 2.24) is 15.2 Å². The maximum atomic E-state index is 12.5. The van der Waals surface area contributed by atoms with Crippen LogP contribution >= 0.6 is 11.3 Å². The zero-order chi connectivity index (χ0) is 17.7. The van der Waals surface area contributed by atoms with Crippen LogP contribution in [0.4, 0.5) is 0 Å². The Morgan fingerprint density at radius 1 is 1.38 bits per heavy atom. The van der Waals surface area contributed by atoms with Crippen LogP contribution in [-0.2, 0) is 14.3 Å². The Bertz CT molecular complexity index is 580. The van der Waals surface area contributed by atoms with Gasteiger partial charge >= 0.3 is 0 Å². The molecule has 2 amide bonds. The summed E-state index contributed by atoms with van der Waals surface area (Å²) in [7, 11) is 0. The lowest BCUT2D eigenvalue weighted by Crippen LogP contribution is -2.44.